The van der Waals surface area contributed by atoms with Gasteiger partial charge in [0.05, 0.1) is 6.54 Å². The van der Waals surface area contributed by atoms with Gasteiger partial charge in [0.15, 0.2) is 0 Å². The number of nitrogens with zero attached hydrogens (tertiary/aromatic N) is 1. The lowest BCUT2D eigenvalue weighted by molar-refractivity contribution is -0.138. The van der Waals surface area contributed by atoms with Crippen molar-refractivity contribution in [2.45, 2.75) is 19.4 Å². The minimum absolute atomic E-state index is 0.0768. The average molecular weight is 207 g/mol. The maximum atomic E-state index is 10.6. The fourth-order valence-corrected chi connectivity index (χ4v) is 1.80. The first-order valence-electron chi connectivity index (χ1n) is 5.12. The second-order valence-corrected chi connectivity index (χ2v) is 3.64. The van der Waals surface area contributed by atoms with E-state index in [0.29, 0.717) is 0 Å². The molecule has 0 saturated heterocycles. The van der Waals surface area contributed by atoms with Gasteiger partial charge in [0.2, 0.25) is 0 Å². The Labute approximate surface area is 90.3 Å². The van der Waals surface area contributed by atoms with Gasteiger partial charge in [0, 0.05) is 6.04 Å². The van der Waals surface area contributed by atoms with Crippen LogP contribution in [-0.4, -0.2) is 29.6 Å². The van der Waals surface area contributed by atoms with Crippen molar-refractivity contribution in [1.82, 2.24) is 4.90 Å². The molecule has 1 atom stereocenters. The number of carbonyl (C=O) groups is 1. The van der Waals surface area contributed by atoms with E-state index in [9.17, 15) is 4.79 Å². The molecule has 0 spiro atoms. The van der Waals surface area contributed by atoms with Gasteiger partial charge in [-0.1, -0.05) is 37.3 Å². The first kappa shape index (κ1) is 11.7. The van der Waals surface area contributed by atoms with E-state index < -0.39 is 5.97 Å². The summed E-state index contributed by atoms with van der Waals surface area (Å²) in [5, 5.41) is 8.73. The molecule has 1 N–H and O–H groups in total. The van der Waals surface area contributed by atoms with Gasteiger partial charge in [0.25, 0.3) is 0 Å². The van der Waals surface area contributed by atoms with Crippen molar-refractivity contribution < 1.29 is 9.90 Å². The first-order chi connectivity index (χ1) is 7.15. The topological polar surface area (TPSA) is 40.5 Å². The Bertz CT molecular complexity index is 311. The van der Waals surface area contributed by atoms with Gasteiger partial charge < -0.3 is 5.11 Å². The SMILES string of the molecule is CC[C@@H](c1ccccc1)N(C)CC(=O)O. The number of rotatable bonds is 5. The summed E-state index contributed by atoms with van der Waals surface area (Å²) in [5.41, 5.74) is 1.17. The smallest absolute Gasteiger partial charge is 0.317 e. The Morgan fingerprint density at radius 1 is 1.40 bits per heavy atom. The summed E-state index contributed by atoms with van der Waals surface area (Å²) in [6.45, 7) is 2.14. The zero-order valence-corrected chi connectivity index (χ0v) is 9.18. The van der Waals surface area contributed by atoms with E-state index in [1.54, 1.807) is 0 Å². The highest BCUT2D eigenvalue weighted by atomic mass is 16.4. The third kappa shape index (κ3) is 3.36. The van der Waals surface area contributed by atoms with Crippen LogP contribution in [0.3, 0.4) is 0 Å². The van der Waals surface area contributed by atoms with Crippen molar-refractivity contribution in [3.05, 3.63) is 35.9 Å². The van der Waals surface area contributed by atoms with Gasteiger partial charge in [-0.15, -0.1) is 0 Å². The second kappa shape index (κ2) is 5.51. The lowest BCUT2D eigenvalue weighted by Crippen LogP contribution is -2.29. The standard InChI is InChI=1S/C12H17NO2/c1-3-11(13(2)9-12(14)15)10-7-5-4-6-8-10/h4-8,11H,3,9H2,1-2H3,(H,14,15)/t11-/m0/s1. The predicted molar refractivity (Wildman–Crippen MR) is 59.7 cm³/mol. The monoisotopic (exact) mass is 207 g/mol. The van der Waals surface area contributed by atoms with Crippen LogP contribution in [0, 0.1) is 0 Å². The normalized spacial score (nSPS) is 12.7. The van der Waals surface area contributed by atoms with Gasteiger partial charge >= 0.3 is 5.97 Å². The predicted octanol–water partition coefficient (Wildman–Crippen LogP) is 2.15. The minimum atomic E-state index is -0.785. The van der Waals surface area contributed by atoms with E-state index in [1.165, 1.54) is 5.56 Å². The molecule has 15 heavy (non-hydrogen) atoms. The number of hydrogen-bond acceptors (Lipinski definition) is 2. The molecule has 0 radical (unpaired) electrons. The third-order valence-electron chi connectivity index (χ3n) is 2.49. The van der Waals surface area contributed by atoms with E-state index in [0.717, 1.165) is 6.42 Å². The van der Waals surface area contributed by atoms with Crippen LogP contribution in [-0.2, 0) is 4.79 Å². The lowest BCUT2D eigenvalue weighted by atomic mass is 10.0. The summed E-state index contributed by atoms with van der Waals surface area (Å²) in [4.78, 5) is 12.5. The summed E-state index contributed by atoms with van der Waals surface area (Å²) in [7, 11) is 1.84. The summed E-state index contributed by atoms with van der Waals surface area (Å²) >= 11 is 0. The van der Waals surface area contributed by atoms with Crippen molar-refractivity contribution >= 4 is 5.97 Å². The van der Waals surface area contributed by atoms with Crippen LogP contribution < -0.4 is 0 Å². The Morgan fingerprint density at radius 2 is 2.00 bits per heavy atom. The molecule has 0 saturated carbocycles. The molecular weight excluding hydrogens is 190 g/mol. The van der Waals surface area contributed by atoms with Gasteiger partial charge in [-0.25, -0.2) is 0 Å². The van der Waals surface area contributed by atoms with Crippen LogP contribution in [0.4, 0.5) is 0 Å². The van der Waals surface area contributed by atoms with Crippen molar-refractivity contribution in [3.8, 4) is 0 Å². The zero-order chi connectivity index (χ0) is 11.3. The fourth-order valence-electron chi connectivity index (χ4n) is 1.80. The quantitative estimate of drug-likeness (QED) is 0.804. The molecule has 1 rings (SSSR count). The Morgan fingerprint density at radius 3 is 2.47 bits per heavy atom. The summed E-state index contributed by atoms with van der Waals surface area (Å²) in [6.07, 6.45) is 0.911. The van der Waals surface area contributed by atoms with Crippen molar-refractivity contribution in [1.29, 1.82) is 0 Å². The molecule has 1 aromatic carbocycles. The van der Waals surface area contributed by atoms with E-state index in [1.807, 2.05) is 42.3 Å². The number of aliphatic carboxylic acids is 1. The van der Waals surface area contributed by atoms with Gasteiger partial charge in [-0.2, -0.15) is 0 Å². The first-order valence-corrected chi connectivity index (χ1v) is 5.12. The van der Waals surface area contributed by atoms with Crippen LogP contribution in [0.2, 0.25) is 0 Å². The lowest BCUT2D eigenvalue weighted by Gasteiger charge is -2.25. The average Bonchev–Trinajstić information content (AvgIpc) is 2.19. The molecule has 0 aliphatic rings. The summed E-state index contributed by atoms with van der Waals surface area (Å²) < 4.78 is 0. The van der Waals surface area contributed by atoms with E-state index >= 15 is 0 Å². The third-order valence-corrected chi connectivity index (χ3v) is 2.49. The Balaban J connectivity index is 2.75. The highest BCUT2D eigenvalue weighted by Crippen LogP contribution is 2.21. The van der Waals surface area contributed by atoms with Crippen LogP contribution in [0.25, 0.3) is 0 Å². The molecule has 0 fully saturated rings. The van der Waals surface area contributed by atoms with Crippen LogP contribution >= 0.6 is 0 Å². The fraction of sp³-hybridized carbons (Fsp3) is 0.417. The van der Waals surface area contributed by atoms with E-state index in [2.05, 4.69) is 6.92 Å². The maximum absolute atomic E-state index is 10.6. The van der Waals surface area contributed by atoms with Crippen LogP contribution in [0.1, 0.15) is 24.9 Å². The van der Waals surface area contributed by atoms with Crippen LogP contribution in [0.5, 0.6) is 0 Å². The molecule has 0 aliphatic carbocycles. The largest absolute Gasteiger partial charge is 0.480 e. The molecule has 0 heterocycles. The molecule has 82 valence electrons. The molecule has 3 heteroatoms. The van der Waals surface area contributed by atoms with E-state index in [4.69, 9.17) is 5.11 Å². The van der Waals surface area contributed by atoms with Crippen LogP contribution in [0.15, 0.2) is 30.3 Å². The molecule has 3 nitrogen and oxygen atoms in total. The maximum Gasteiger partial charge on any atom is 0.317 e. The summed E-state index contributed by atoms with van der Waals surface area (Å²) in [6, 6.07) is 10.2. The van der Waals surface area contributed by atoms with Gasteiger partial charge in [0.1, 0.15) is 0 Å². The number of benzene rings is 1. The van der Waals surface area contributed by atoms with E-state index in [-0.39, 0.29) is 12.6 Å². The molecule has 0 aliphatic heterocycles. The molecule has 1 aromatic rings. The molecular formula is C12H17NO2. The number of likely N-dealkylation sites (N-methyl/N-ethyl adjacent to an activating group) is 1. The molecule has 0 amide bonds. The van der Waals surface area contributed by atoms with Crippen molar-refractivity contribution in [2.75, 3.05) is 13.6 Å². The van der Waals surface area contributed by atoms with Crippen molar-refractivity contribution in [2.24, 2.45) is 0 Å². The number of carboxylic acids is 1. The zero-order valence-electron chi connectivity index (χ0n) is 9.18. The second-order valence-electron chi connectivity index (χ2n) is 3.64. The Kier molecular flexibility index (Phi) is 4.31. The van der Waals surface area contributed by atoms with Gasteiger partial charge in [-0.05, 0) is 19.0 Å². The highest BCUT2D eigenvalue weighted by Gasteiger charge is 2.16. The van der Waals surface area contributed by atoms with Crippen molar-refractivity contribution in [3.63, 3.8) is 0 Å². The Hall–Kier alpha value is -1.35. The number of carboxylic acid groups (broad SMARTS) is 1. The minimum Gasteiger partial charge on any atom is -0.480 e. The summed E-state index contributed by atoms with van der Waals surface area (Å²) in [5.74, 6) is -0.785. The molecule has 0 bridgehead atoms. The highest BCUT2D eigenvalue weighted by molar-refractivity contribution is 5.69. The molecule has 0 unspecified atom stereocenters. The molecule has 0 aromatic heterocycles. The number of hydrogen-bond donors (Lipinski definition) is 1. The van der Waals surface area contributed by atoms with Gasteiger partial charge in [-0.3, -0.25) is 9.69 Å².